The average molecular weight is 488 g/mol. The van der Waals surface area contributed by atoms with Crippen LogP contribution < -0.4 is 15.4 Å². The highest BCUT2D eigenvalue weighted by molar-refractivity contribution is 14.0. The first-order chi connectivity index (χ1) is 12.7. The lowest BCUT2D eigenvalue weighted by molar-refractivity contribution is 0.195. The fourth-order valence-electron chi connectivity index (χ4n) is 2.12. The van der Waals surface area contributed by atoms with E-state index in [-0.39, 0.29) is 29.8 Å². The van der Waals surface area contributed by atoms with E-state index in [4.69, 9.17) is 9.47 Å². The molecule has 2 N–H and O–H groups in total. The Kier molecular flexibility index (Phi) is 11.3. The normalized spacial score (nSPS) is 10.9. The molecule has 0 radical (unpaired) electrons. The van der Waals surface area contributed by atoms with Crippen LogP contribution in [0.1, 0.15) is 18.9 Å². The number of ether oxygens (including phenoxy) is 2. The number of nitrogens with zero attached hydrogens (tertiary/aromatic N) is 2. The first kappa shape index (κ1) is 23.1. The zero-order valence-corrected chi connectivity index (χ0v) is 17.9. The van der Waals surface area contributed by atoms with Crippen LogP contribution in [0.25, 0.3) is 0 Å². The Balaban J connectivity index is 0.00000364. The number of rotatable bonds is 9. The molecule has 2 rings (SSSR count). The van der Waals surface area contributed by atoms with Gasteiger partial charge in [-0.3, -0.25) is 0 Å². The highest BCUT2D eigenvalue weighted by atomic mass is 127. The Labute approximate surface area is 176 Å². The van der Waals surface area contributed by atoms with Gasteiger partial charge in [0.15, 0.2) is 5.96 Å². The van der Waals surface area contributed by atoms with Gasteiger partial charge in [-0.15, -0.1) is 24.0 Å². The number of hydrogen-bond acceptors (Lipinski definition) is 4. The van der Waals surface area contributed by atoms with Crippen molar-refractivity contribution in [3.05, 3.63) is 54.0 Å². The topological polar surface area (TPSA) is 67.8 Å². The zero-order chi connectivity index (χ0) is 18.6. The van der Waals surface area contributed by atoms with Gasteiger partial charge in [-0.1, -0.05) is 6.07 Å². The van der Waals surface area contributed by atoms with Crippen LogP contribution in [0, 0.1) is 5.82 Å². The van der Waals surface area contributed by atoms with Gasteiger partial charge in [0.1, 0.15) is 11.6 Å². The van der Waals surface area contributed by atoms with E-state index in [2.05, 4.69) is 20.6 Å². The number of nitrogens with one attached hydrogen (secondary N) is 2. The monoisotopic (exact) mass is 488 g/mol. The van der Waals surface area contributed by atoms with Gasteiger partial charge in [0, 0.05) is 39.1 Å². The number of aromatic nitrogens is 1. The summed E-state index contributed by atoms with van der Waals surface area (Å²) in [6.07, 6.45) is 2.63. The lowest BCUT2D eigenvalue weighted by atomic mass is 10.3. The van der Waals surface area contributed by atoms with Crippen LogP contribution in [-0.4, -0.2) is 37.7 Å². The van der Waals surface area contributed by atoms with E-state index in [9.17, 15) is 4.39 Å². The maximum atomic E-state index is 12.9. The minimum absolute atomic E-state index is 0. The molecule has 2 aromatic rings. The molecule has 0 aliphatic carbocycles. The smallest absolute Gasteiger partial charge is 0.219 e. The molecular formula is C19H26FIN4O2. The molecule has 0 saturated carbocycles. The fraction of sp³-hybridized carbons (Fsp3) is 0.368. The Morgan fingerprint density at radius 3 is 2.56 bits per heavy atom. The lowest BCUT2D eigenvalue weighted by Gasteiger charge is -2.11. The van der Waals surface area contributed by atoms with Gasteiger partial charge in [-0.05, 0) is 43.2 Å². The summed E-state index contributed by atoms with van der Waals surface area (Å²) < 4.78 is 23.5. The summed E-state index contributed by atoms with van der Waals surface area (Å²) in [5.41, 5.74) is 0.963. The van der Waals surface area contributed by atoms with Gasteiger partial charge < -0.3 is 20.1 Å². The summed E-state index contributed by atoms with van der Waals surface area (Å²) in [5.74, 6) is 1.45. The molecule has 1 heterocycles. The van der Waals surface area contributed by atoms with Crippen molar-refractivity contribution in [2.45, 2.75) is 19.9 Å². The van der Waals surface area contributed by atoms with Crippen LogP contribution in [0.3, 0.4) is 0 Å². The Hall–Kier alpha value is -1.94. The quantitative estimate of drug-likeness (QED) is 0.244. The first-order valence-electron chi connectivity index (χ1n) is 8.60. The molecule has 6 nitrogen and oxygen atoms in total. The molecule has 1 aromatic carbocycles. The van der Waals surface area contributed by atoms with E-state index < -0.39 is 0 Å². The molecule has 0 aliphatic heterocycles. The van der Waals surface area contributed by atoms with E-state index in [1.807, 2.05) is 13.0 Å². The van der Waals surface area contributed by atoms with Crippen molar-refractivity contribution in [3.63, 3.8) is 0 Å². The van der Waals surface area contributed by atoms with Crippen molar-refractivity contribution < 1.29 is 13.9 Å². The second kappa shape index (κ2) is 13.3. The fourth-order valence-corrected chi connectivity index (χ4v) is 2.12. The summed E-state index contributed by atoms with van der Waals surface area (Å²) >= 11 is 0. The molecule has 0 bridgehead atoms. The summed E-state index contributed by atoms with van der Waals surface area (Å²) in [7, 11) is 1.69. The minimum Gasteiger partial charge on any atom is -0.439 e. The van der Waals surface area contributed by atoms with Gasteiger partial charge in [0.25, 0.3) is 0 Å². The number of methoxy groups -OCH3 is 1. The summed E-state index contributed by atoms with van der Waals surface area (Å²) in [6.45, 7) is 4.83. The number of halogens is 2. The van der Waals surface area contributed by atoms with Crippen molar-refractivity contribution in [1.82, 2.24) is 15.6 Å². The molecule has 0 amide bonds. The van der Waals surface area contributed by atoms with Gasteiger partial charge in [-0.25, -0.2) is 14.4 Å². The third-order valence-corrected chi connectivity index (χ3v) is 3.42. The van der Waals surface area contributed by atoms with Crippen LogP contribution in [0.5, 0.6) is 11.6 Å². The number of pyridine rings is 1. The molecule has 0 unspecified atom stereocenters. The maximum absolute atomic E-state index is 12.9. The standard InChI is InChI=1S/C19H25FN4O2.HI/c1-3-21-19(22-11-4-12-25-2)24-14-15-5-10-18(23-13-15)26-17-8-6-16(20)7-9-17;/h5-10,13H,3-4,11-12,14H2,1-2H3,(H2,21,22,24);1H. The lowest BCUT2D eigenvalue weighted by Crippen LogP contribution is -2.38. The first-order valence-corrected chi connectivity index (χ1v) is 8.60. The third-order valence-electron chi connectivity index (χ3n) is 3.42. The number of aliphatic imine (C=N–C) groups is 1. The minimum atomic E-state index is -0.300. The van der Waals surface area contributed by atoms with Crippen molar-refractivity contribution in [2.75, 3.05) is 26.8 Å². The molecule has 0 spiro atoms. The molecular weight excluding hydrogens is 462 g/mol. The maximum Gasteiger partial charge on any atom is 0.219 e. The van der Waals surface area contributed by atoms with Gasteiger partial charge >= 0.3 is 0 Å². The van der Waals surface area contributed by atoms with Crippen LogP contribution in [0.4, 0.5) is 4.39 Å². The third kappa shape index (κ3) is 9.00. The van der Waals surface area contributed by atoms with E-state index in [0.29, 0.717) is 24.8 Å². The van der Waals surface area contributed by atoms with Crippen molar-refractivity contribution in [2.24, 2.45) is 4.99 Å². The Morgan fingerprint density at radius 1 is 1.15 bits per heavy atom. The molecule has 1 aromatic heterocycles. The molecule has 8 heteroatoms. The van der Waals surface area contributed by atoms with E-state index in [0.717, 1.165) is 31.0 Å². The highest BCUT2D eigenvalue weighted by Crippen LogP contribution is 2.19. The second-order valence-corrected chi connectivity index (χ2v) is 5.53. The Bertz CT molecular complexity index is 681. The van der Waals surface area contributed by atoms with Crippen LogP contribution >= 0.6 is 24.0 Å². The highest BCUT2D eigenvalue weighted by Gasteiger charge is 2.01. The summed E-state index contributed by atoms with van der Waals surface area (Å²) in [6, 6.07) is 9.50. The largest absolute Gasteiger partial charge is 0.439 e. The van der Waals surface area contributed by atoms with Gasteiger partial charge in [0.05, 0.1) is 6.54 Å². The molecule has 0 atom stereocenters. The van der Waals surface area contributed by atoms with Gasteiger partial charge in [-0.2, -0.15) is 0 Å². The Morgan fingerprint density at radius 2 is 1.93 bits per heavy atom. The van der Waals surface area contributed by atoms with Crippen molar-refractivity contribution in [1.29, 1.82) is 0 Å². The van der Waals surface area contributed by atoms with E-state index >= 15 is 0 Å². The molecule has 0 fully saturated rings. The van der Waals surface area contributed by atoms with Crippen LogP contribution in [0.15, 0.2) is 47.6 Å². The van der Waals surface area contributed by atoms with E-state index in [1.165, 1.54) is 12.1 Å². The second-order valence-electron chi connectivity index (χ2n) is 5.53. The molecule has 0 aliphatic rings. The average Bonchev–Trinajstić information content (AvgIpc) is 2.66. The summed E-state index contributed by atoms with van der Waals surface area (Å²) in [5, 5.41) is 6.46. The van der Waals surface area contributed by atoms with Crippen molar-refractivity contribution in [3.8, 4) is 11.6 Å². The molecule has 0 saturated heterocycles. The SMILES string of the molecule is CCNC(=NCc1ccc(Oc2ccc(F)cc2)nc1)NCCCOC.I. The number of guanidine groups is 1. The van der Waals surface area contributed by atoms with Crippen molar-refractivity contribution >= 4 is 29.9 Å². The van der Waals surface area contributed by atoms with Crippen LogP contribution in [-0.2, 0) is 11.3 Å². The molecule has 148 valence electrons. The molecule has 27 heavy (non-hydrogen) atoms. The zero-order valence-electron chi connectivity index (χ0n) is 15.6. The van der Waals surface area contributed by atoms with Gasteiger partial charge in [0.2, 0.25) is 5.88 Å². The van der Waals surface area contributed by atoms with Crippen LogP contribution in [0.2, 0.25) is 0 Å². The number of hydrogen-bond donors (Lipinski definition) is 2. The summed E-state index contributed by atoms with van der Waals surface area (Å²) in [4.78, 5) is 8.80. The predicted octanol–water partition coefficient (Wildman–Crippen LogP) is 3.72. The number of benzene rings is 1. The van der Waals surface area contributed by atoms with E-state index in [1.54, 1.807) is 31.5 Å². The predicted molar refractivity (Wildman–Crippen MR) is 115 cm³/mol.